The molecule has 1 unspecified atom stereocenters. The van der Waals surface area contributed by atoms with Gasteiger partial charge in [0.25, 0.3) is 0 Å². The Bertz CT molecular complexity index is 1010. The standard InChI is InChI=1S/C23H23BrN2O5/c24-19-14-20(22(25-15-19)26(27)28)30-16-18-6-3-5-17(13-18)8-11-23(9-4-10-23)31-21-7-1-2-12-29-21/h3,5-6,13-15,21H,1-2,4,7,9-10,12,16H2. The van der Waals surface area contributed by atoms with Gasteiger partial charge in [-0.15, -0.1) is 0 Å². The van der Waals surface area contributed by atoms with Crippen LogP contribution in [-0.2, 0) is 16.1 Å². The summed E-state index contributed by atoms with van der Waals surface area (Å²) in [6, 6.07) is 9.19. The second-order valence-corrected chi connectivity index (χ2v) is 8.65. The molecule has 1 aromatic carbocycles. The molecule has 0 amide bonds. The molecule has 0 radical (unpaired) electrons. The Morgan fingerprint density at radius 1 is 1.29 bits per heavy atom. The Labute approximate surface area is 189 Å². The van der Waals surface area contributed by atoms with E-state index in [-0.39, 0.29) is 24.5 Å². The van der Waals surface area contributed by atoms with E-state index in [0.29, 0.717) is 4.47 Å². The molecule has 2 heterocycles. The van der Waals surface area contributed by atoms with Gasteiger partial charge in [0.05, 0.1) is 4.47 Å². The van der Waals surface area contributed by atoms with Crippen LogP contribution in [0.4, 0.5) is 5.82 Å². The smallest absolute Gasteiger partial charge is 0.406 e. The van der Waals surface area contributed by atoms with Crippen molar-refractivity contribution in [3.63, 3.8) is 0 Å². The van der Waals surface area contributed by atoms with Crippen LogP contribution in [0, 0.1) is 22.0 Å². The molecular formula is C23H23BrN2O5. The van der Waals surface area contributed by atoms with Crippen molar-refractivity contribution in [2.24, 2.45) is 0 Å². The number of hydrogen-bond donors (Lipinski definition) is 0. The molecule has 1 saturated carbocycles. The fourth-order valence-corrected chi connectivity index (χ4v) is 3.88. The average molecular weight is 487 g/mol. The fourth-order valence-electron chi connectivity index (χ4n) is 3.57. The third kappa shape index (κ3) is 5.62. The van der Waals surface area contributed by atoms with E-state index in [4.69, 9.17) is 14.2 Å². The predicted octanol–water partition coefficient (Wildman–Crippen LogP) is 5.15. The average Bonchev–Trinajstić information content (AvgIpc) is 2.75. The number of benzene rings is 1. The molecule has 0 N–H and O–H groups in total. The molecule has 1 atom stereocenters. The van der Waals surface area contributed by atoms with E-state index < -0.39 is 10.5 Å². The maximum absolute atomic E-state index is 11.2. The molecule has 1 aromatic heterocycles. The first-order valence-corrected chi connectivity index (χ1v) is 11.2. The van der Waals surface area contributed by atoms with E-state index in [1.165, 1.54) is 6.20 Å². The second kappa shape index (κ2) is 9.77. The summed E-state index contributed by atoms with van der Waals surface area (Å²) in [4.78, 5) is 14.4. The first-order chi connectivity index (χ1) is 15.0. The third-order valence-electron chi connectivity index (χ3n) is 5.38. The topological polar surface area (TPSA) is 83.7 Å². The number of halogens is 1. The number of pyridine rings is 1. The lowest BCUT2D eigenvalue weighted by atomic mass is 9.80. The highest BCUT2D eigenvalue weighted by atomic mass is 79.9. The van der Waals surface area contributed by atoms with Gasteiger partial charge < -0.3 is 24.3 Å². The van der Waals surface area contributed by atoms with Crippen LogP contribution in [0.25, 0.3) is 0 Å². The minimum Gasteiger partial charge on any atom is -0.481 e. The van der Waals surface area contributed by atoms with Gasteiger partial charge in [-0.25, -0.2) is 0 Å². The van der Waals surface area contributed by atoms with Crippen LogP contribution in [0.15, 0.2) is 41.0 Å². The molecule has 1 aliphatic carbocycles. The van der Waals surface area contributed by atoms with Crippen LogP contribution >= 0.6 is 15.9 Å². The monoisotopic (exact) mass is 486 g/mol. The SMILES string of the molecule is O=[N+]([O-])c1ncc(Br)cc1OCc1cccc(C#CC2(OC3CCCCO3)CCC2)c1. The van der Waals surface area contributed by atoms with Crippen molar-refractivity contribution in [2.75, 3.05) is 6.61 Å². The van der Waals surface area contributed by atoms with Crippen LogP contribution in [0.2, 0.25) is 0 Å². The number of hydrogen-bond acceptors (Lipinski definition) is 6. The highest BCUT2D eigenvalue weighted by molar-refractivity contribution is 9.10. The number of ether oxygens (including phenoxy) is 3. The quantitative estimate of drug-likeness (QED) is 0.319. The first kappa shape index (κ1) is 21.8. The molecule has 2 fully saturated rings. The lowest BCUT2D eigenvalue weighted by Crippen LogP contribution is -2.43. The maximum Gasteiger partial charge on any atom is 0.406 e. The van der Waals surface area contributed by atoms with Gasteiger partial charge in [-0.05, 0) is 82.1 Å². The Hall–Kier alpha value is -2.47. The van der Waals surface area contributed by atoms with E-state index >= 15 is 0 Å². The number of aromatic nitrogens is 1. The summed E-state index contributed by atoms with van der Waals surface area (Å²) in [6.07, 6.45) is 7.30. The van der Waals surface area contributed by atoms with Crippen LogP contribution < -0.4 is 4.74 Å². The molecule has 31 heavy (non-hydrogen) atoms. The van der Waals surface area contributed by atoms with Gasteiger partial charge in [0.2, 0.25) is 5.75 Å². The van der Waals surface area contributed by atoms with Gasteiger partial charge in [0.1, 0.15) is 12.2 Å². The van der Waals surface area contributed by atoms with Crippen molar-refractivity contribution >= 4 is 21.7 Å². The Balaban J connectivity index is 1.43. The zero-order valence-corrected chi connectivity index (χ0v) is 18.6. The fraction of sp³-hybridized carbons (Fsp3) is 0.435. The highest BCUT2D eigenvalue weighted by Gasteiger charge is 2.39. The normalized spacial score (nSPS) is 19.6. The van der Waals surface area contributed by atoms with Crippen molar-refractivity contribution in [3.8, 4) is 17.6 Å². The molecule has 0 spiro atoms. The lowest BCUT2D eigenvalue weighted by Gasteiger charge is -2.40. The molecular weight excluding hydrogens is 464 g/mol. The van der Waals surface area contributed by atoms with Crippen LogP contribution in [0.5, 0.6) is 5.75 Å². The second-order valence-electron chi connectivity index (χ2n) is 7.73. The van der Waals surface area contributed by atoms with Crippen molar-refractivity contribution < 1.29 is 19.1 Å². The minimum atomic E-state index is -0.558. The predicted molar refractivity (Wildman–Crippen MR) is 118 cm³/mol. The van der Waals surface area contributed by atoms with Crippen LogP contribution in [0.3, 0.4) is 0 Å². The van der Waals surface area contributed by atoms with Crippen molar-refractivity contribution in [3.05, 3.63) is 62.2 Å². The molecule has 7 nitrogen and oxygen atoms in total. The first-order valence-electron chi connectivity index (χ1n) is 10.4. The Kier molecular flexibility index (Phi) is 6.86. The van der Waals surface area contributed by atoms with Gasteiger partial charge in [-0.3, -0.25) is 0 Å². The zero-order valence-electron chi connectivity index (χ0n) is 17.0. The molecule has 162 valence electrons. The van der Waals surface area contributed by atoms with Gasteiger partial charge in [0.15, 0.2) is 12.5 Å². The largest absolute Gasteiger partial charge is 0.481 e. The minimum absolute atomic E-state index is 0.116. The van der Waals surface area contributed by atoms with Gasteiger partial charge >= 0.3 is 5.82 Å². The lowest BCUT2D eigenvalue weighted by molar-refractivity contribution is -0.390. The highest BCUT2D eigenvalue weighted by Crippen LogP contribution is 2.37. The summed E-state index contributed by atoms with van der Waals surface area (Å²) in [7, 11) is 0. The van der Waals surface area contributed by atoms with Crippen molar-refractivity contribution in [1.29, 1.82) is 0 Å². The summed E-state index contributed by atoms with van der Waals surface area (Å²) in [6.45, 7) is 0.925. The Morgan fingerprint density at radius 3 is 2.87 bits per heavy atom. The molecule has 2 aliphatic rings. The zero-order chi connectivity index (χ0) is 21.7. The van der Waals surface area contributed by atoms with Crippen LogP contribution in [0.1, 0.15) is 49.7 Å². The van der Waals surface area contributed by atoms with Crippen LogP contribution in [-0.4, -0.2) is 28.4 Å². The summed E-state index contributed by atoms with van der Waals surface area (Å²) < 4.78 is 18.2. The molecule has 2 aromatic rings. The van der Waals surface area contributed by atoms with Crippen molar-refractivity contribution in [1.82, 2.24) is 4.98 Å². The van der Waals surface area contributed by atoms with E-state index in [0.717, 1.165) is 56.3 Å². The van der Waals surface area contributed by atoms with E-state index in [1.807, 2.05) is 24.3 Å². The number of nitrogens with zero attached hydrogens (tertiary/aromatic N) is 2. The number of rotatable bonds is 6. The molecule has 1 saturated heterocycles. The Morgan fingerprint density at radius 2 is 2.16 bits per heavy atom. The van der Waals surface area contributed by atoms with Gasteiger partial charge in [-0.2, -0.15) is 0 Å². The molecule has 0 bridgehead atoms. The summed E-state index contributed by atoms with van der Waals surface area (Å²) >= 11 is 3.27. The molecule has 4 rings (SSSR count). The molecule has 8 heteroatoms. The van der Waals surface area contributed by atoms with E-state index in [9.17, 15) is 10.1 Å². The van der Waals surface area contributed by atoms with E-state index in [2.05, 4.69) is 32.8 Å². The van der Waals surface area contributed by atoms with Gasteiger partial charge in [0, 0.05) is 18.2 Å². The summed E-state index contributed by atoms with van der Waals surface area (Å²) in [5.74, 6) is 6.37. The van der Waals surface area contributed by atoms with Crippen molar-refractivity contribution in [2.45, 2.75) is 57.0 Å². The van der Waals surface area contributed by atoms with Gasteiger partial charge in [-0.1, -0.05) is 24.0 Å². The summed E-state index contributed by atoms with van der Waals surface area (Å²) in [5.41, 5.74) is 1.29. The summed E-state index contributed by atoms with van der Waals surface area (Å²) in [5, 5.41) is 11.2. The third-order valence-corrected chi connectivity index (χ3v) is 5.82. The maximum atomic E-state index is 11.2. The molecule has 1 aliphatic heterocycles. The van der Waals surface area contributed by atoms with E-state index in [1.54, 1.807) is 6.07 Å². The number of nitro groups is 1.